The molecule has 0 unspecified atom stereocenters. The number of likely N-dealkylation sites (tertiary alicyclic amines) is 1. The molecule has 2 heteroatoms. The molecule has 3 aliphatic carbocycles. The summed E-state index contributed by atoms with van der Waals surface area (Å²) in [5.74, 6) is 1.98. The number of carbonyl (C=O) groups excluding carboxylic acids is 1. The van der Waals surface area contributed by atoms with Gasteiger partial charge in [-0.2, -0.15) is 0 Å². The Bertz CT molecular complexity index is 957. The average Bonchev–Trinajstić information content (AvgIpc) is 3.46. The van der Waals surface area contributed by atoms with Gasteiger partial charge in [-0.25, -0.2) is 0 Å². The highest BCUT2D eigenvalue weighted by atomic mass is 16.1. The van der Waals surface area contributed by atoms with Crippen molar-refractivity contribution in [2.75, 3.05) is 13.1 Å². The molecular formula is C27H29NO. The topological polar surface area (TPSA) is 20.3 Å². The molecular weight excluding hydrogens is 354 g/mol. The number of piperidine rings is 1. The zero-order valence-corrected chi connectivity index (χ0v) is 17.0. The van der Waals surface area contributed by atoms with Crippen molar-refractivity contribution in [1.82, 2.24) is 4.90 Å². The van der Waals surface area contributed by atoms with Crippen LogP contribution < -0.4 is 0 Å². The van der Waals surface area contributed by atoms with E-state index in [2.05, 4.69) is 65.6 Å². The Kier molecular flexibility index (Phi) is 4.06. The lowest BCUT2D eigenvalue weighted by Gasteiger charge is -2.49. The van der Waals surface area contributed by atoms with Gasteiger partial charge in [-0.15, -0.1) is 0 Å². The van der Waals surface area contributed by atoms with Crippen molar-refractivity contribution in [3.05, 3.63) is 71.8 Å². The molecule has 0 aromatic heterocycles. The van der Waals surface area contributed by atoms with E-state index in [1.807, 2.05) is 0 Å². The van der Waals surface area contributed by atoms with Crippen molar-refractivity contribution in [2.24, 2.45) is 17.8 Å². The minimum Gasteiger partial charge on any atom is -0.292 e. The first-order valence-electron chi connectivity index (χ1n) is 11.5. The summed E-state index contributed by atoms with van der Waals surface area (Å²) in [6.07, 6.45) is 7.54. The fourth-order valence-electron chi connectivity index (χ4n) is 7.29. The summed E-state index contributed by atoms with van der Waals surface area (Å²) in [7, 11) is 0. The number of benzene rings is 2. The number of rotatable bonds is 3. The van der Waals surface area contributed by atoms with E-state index in [0.29, 0.717) is 23.5 Å². The van der Waals surface area contributed by atoms with Gasteiger partial charge in [-0.1, -0.05) is 67.1 Å². The van der Waals surface area contributed by atoms with Gasteiger partial charge in [0.05, 0.1) is 5.54 Å². The molecule has 0 N–H and O–H groups in total. The highest BCUT2D eigenvalue weighted by Gasteiger charge is 2.69. The zero-order valence-electron chi connectivity index (χ0n) is 17.0. The van der Waals surface area contributed by atoms with Crippen LogP contribution in [-0.2, 0) is 4.79 Å². The third-order valence-corrected chi connectivity index (χ3v) is 8.24. The van der Waals surface area contributed by atoms with Crippen molar-refractivity contribution in [2.45, 2.75) is 44.1 Å². The second-order valence-electron chi connectivity index (χ2n) is 9.47. The number of carbonyl (C=O) groups is 1. The molecule has 2 nitrogen and oxygen atoms in total. The molecule has 0 amide bonds. The summed E-state index contributed by atoms with van der Waals surface area (Å²) in [6, 6.07) is 21.3. The molecule has 6 rings (SSSR count). The molecule has 148 valence electrons. The lowest BCUT2D eigenvalue weighted by molar-refractivity contribution is -0.131. The van der Waals surface area contributed by atoms with Crippen LogP contribution in [0.1, 0.15) is 49.7 Å². The lowest BCUT2D eigenvalue weighted by atomic mass is 9.69. The highest BCUT2D eigenvalue weighted by Crippen LogP contribution is 2.67. The van der Waals surface area contributed by atoms with Crippen LogP contribution in [0.2, 0.25) is 0 Å². The average molecular weight is 384 g/mol. The Balaban J connectivity index is 1.60. The van der Waals surface area contributed by atoms with Crippen molar-refractivity contribution in [1.29, 1.82) is 0 Å². The predicted octanol–water partition coefficient (Wildman–Crippen LogP) is 5.45. The number of hydrogen-bond donors (Lipinski definition) is 0. The van der Waals surface area contributed by atoms with Crippen LogP contribution >= 0.6 is 0 Å². The molecule has 0 spiro atoms. The Morgan fingerprint density at radius 2 is 1.45 bits per heavy atom. The van der Waals surface area contributed by atoms with E-state index in [9.17, 15) is 4.79 Å². The van der Waals surface area contributed by atoms with Gasteiger partial charge in [0.25, 0.3) is 0 Å². The molecule has 2 saturated carbocycles. The van der Waals surface area contributed by atoms with Crippen molar-refractivity contribution < 1.29 is 4.79 Å². The Morgan fingerprint density at radius 3 is 2.14 bits per heavy atom. The highest BCUT2D eigenvalue weighted by molar-refractivity contribution is 6.36. The monoisotopic (exact) mass is 383 g/mol. The summed E-state index contributed by atoms with van der Waals surface area (Å²) in [5, 5.41) is 0. The van der Waals surface area contributed by atoms with Gasteiger partial charge in [0.2, 0.25) is 0 Å². The minimum atomic E-state index is -0.278. The summed E-state index contributed by atoms with van der Waals surface area (Å²) >= 11 is 0. The first-order chi connectivity index (χ1) is 14.3. The minimum absolute atomic E-state index is 0.278. The normalized spacial score (nSPS) is 34.1. The van der Waals surface area contributed by atoms with Crippen LogP contribution in [0.3, 0.4) is 0 Å². The SMILES string of the molecule is O=C1C(c2ccccc2)=C(c2ccccc2)[C@H]2[C@@H]3CC[C@@H](C3)[C@@]12N1CCCCC1. The molecule has 4 atom stereocenters. The quantitative estimate of drug-likeness (QED) is 0.702. The number of Topliss-reactive ketones (excluding diaryl/α,β-unsaturated/α-hetero) is 1. The Hall–Kier alpha value is -2.19. The second-order valence-corrected chi connectivity index (χ2v) is 9.47. The van der Waals surface area contributed by atoms with E-state index in [-0.39, 0.29) is 5.54 Å². The smallest absolute Gasteiger partial charge is 0.184 e. The van der Waals surface area contributed by atoms with Crippen molar-refractivity contribution >= 4 is 16.9 Å². The first kappa shape index (κ1) is 17.7. The Morgan fingerprint density at radius 1 is 0.793 bits per heavy atom. The predicted molar refractivity (Wildman–Crippen MR) is 117 cm³/mol. The van der Waals surface area contributed by atoms with Gasteiger partial charge in [0, 0.05) is 11.5 Å². The van der Waals surface area contributed by atoms with Gasteiger partial charge >= 0.3 is 0 Å². The zero-order chi connectivity index (χ0) is 19.4. The van der Waals surface area contributed by atoms with Crippen LogP contribution in [-0.4, -0.2) is 29.3 Å². The first-order valence-corrected chi connectivity index (χ1v) is 11.5. The second kappa shape index (κ2) is 6.67. The lowest BCUT2D eigenvalue weighted by Crippen LogP contribution is -2.61. The Labute approximate surface area is 173 Å². The van der Waals surface area contributed by atoms with Crippen LogP contribution in [0, 0.1) is 17.8 Å². The van der Waals surface area contributed by atoms with E-state index in [0.717, 1.165) is 24.2 Å². The molecule has 1 aliphatic heterocycles. The summed E-state index contributed by atoms with van der Waals surface area (Å²) in [4.78, 5) is 17.1. The maximum absolute atomic E-state index is 14.5. The van der Waals surface area contributed by atoms with E-state index in [1.165, 1.54) is 49.7 Å². The third kappa shape index (κ3) is 2.36. The fraction of sp³-hybridized carbons (Fsp3) is 0.444. The van der Waals surface area contributed by atoms with Crippen LogP contribution in [0.4, 0.5) is 0 Å². The van der Waals surface area contributed by atoms with Crippen LogP contribution in [0.25, 0.3) is 11.1 Å². The van der Waals surface area contributed by atoms with Crippen molar-refractivity contribution in [3.63, 3.8) is 0 Å². The molecule has 4 aliphatic rings. The molecule has 2 bridgehead atoms. The maximum Gasteiger partial charge on any atom is 0.184 e. The summed E-state index contributed by atoms with van der Waals surface area (Å²) < 4.78 is 0. The summed E-state index contributed by atoms with van der Waals surface area (Å²) in [6.45, 7) is 2.19. The number of nitrogens with zero attached hydrogens (tertiary/aromatic N) is 1. The summed E-state index contributed by atoms with van der Waals surface area (Å²) in [5.41, 5.74) is 4.46. The number of fused-ring (bicyclic) bond motifs is 5. The van der Waals surface area contributed by atoms with Gasteiger partial charge in [0.15, 0.2) is 5.78 Å². The number of ketones is 1. The molecule has 3 fully saturated rings. The number of hydrogen-bond acceptors (Lipinski definition) is 2. The standard InChI is InChI=1S/C27H29NO/c29-26-24(20-12-6-2-7-13-20)23(19-10-4-1-5-11-19)25-21-14-15-22(18-21)27(25,26)28-16-8-3-9-17-28/h1-2,4-7,10-13,21-22,25H,3,8-9,14-18H2/t21-,22+,25-,27+/m1/s1. The molecule has 0 radical (unpaired) electrons. The molecule has 1 heterocycles. The third-order valence-electron chi connectivity index (χ3n) is 8.24. The largest absolute Gasteiger partial charge is 0.292 e. The van der Waals surface area contributed by atoms with Gasteiger partial charge < -0.3 is 0 Å². The van der Waals surface area contributed by atoms with Crippen molar-refractivity contribution in [3.8, 4) is 0 Å². The van der Waals surface area contributed by atoms with Gasteiger partial charge in [0.1, 0.15) is 0 Å². The van der Waals surface area contributed by atoms with E-state index in [1.54, 1.807) is 0 Å². The molecule has 29 heavy (non-hydrogen) atoms. The van der Waals surface area contributed by atoms with Gasteiger partial charge in [-0.3, -0.25) is 9.69 Å². The molecule has 2 aromatic rings. The van der Waals surface area contributed by atoms with Crippen LogP contribution in [0.5, 0.6) is 0 Å². The van der Waals surface area contributed by atoms with E-state index in [4.69, 9.17) is 0 Å². The fourth-order valence-corrected chi connectivity index (χ4v) is 7.29. The maximum atomic E-state index is 14.5. The van der Waals surface area contributed by atoms with Gasteiger partial charge in [-0.05, 0) is 73.7 Å². The molecule has 1 saturated heterocycles. The van der Waals surface area contributed by atoms with E-state index >= 15 is 0 Å². The van der Waals surface area contributed by atoms with E-state index < -0.39 is 0 Å². The van der Waals surface area contributed by atoms with Crippen LogP contribution in [0.15, 0.2) is 60.7 Å². The molecule has 2 aromatic carbocycles.